The molecule has 1 N–H and O–H groups in total. The molecule has 6 rings (SSSR count). The molecule has 0 fully saturated rings. The SMILES string of the molecule is CCc1nc2c(F)cccc2cc1-c1ccccc1S(C)(=O)=O.CS(=O)(=O)c1ccccc1-c1cc2cccc(F)c2nc1CO. The van der Waals surface area contributed by atoms with Crippen molar-refractivity contribution in [2.45, 2.75) is 29.7 Å². The Morgan fingerprint density at radius 2 is 1.00 bits per heavy atom. The number of para-hydroxylation sites is 2. The van der Waals surface area contributed by atoms with E-state index in [2.05, 4.69) is 9.97 Å². The Labute approximate surface area is 266 Å². The number of benzene rings is 4. The maximum absolute atomic E-state index is 13.9. The van der Waals surface area contributed by atoms with Crippen molar-refractivity contribution in [3.05, 3.63) is 120 Å². The lowest BCUT2D eigenvalue weighted by Crippen LogP contribution is -2.03. The average Bonchev–Trinajstić information content (AvgIpc) is 3.03. The van der Waals surface area contributed by atoms with Gasteiger partial charge in [-0.2, -0.15) is 0 Å². The Bertz CT molecular complexity index is 2160. The quantitative estimate of drug-likeness (QED) is 0.206. The van der Waals surface area contributed by atoms with Crippen LogP contribution in [0.15, 0.2) is 107 Å². The third-order valence-corrected chi connectivity index (χ3v) is 9.70. The minimum Gasteiger partial charge on any atom is -0.390 e. The maximum Gasteiger partial charge on any atom is 0.176 e. The number of sulfone groups is 2. The van der Waals surface area contributed by atoms with Crippen LogP contribution in [-0.4, -0.2) is 44.4 Å². The number of aliphatic hydroxyl groups is 1. The highest BCUT2D eigenvalue weighted by atomic mass is 32.2. The molecule has 0 amide bonds. The largest absolute Gasteiger partial charge is 0.390 e. The summed E-state index contributed by atoms with van der Waals surface area (Å²) in [7, 11) is -6.82. The van der Waals surface area contributed by atoms with E-state index in [1.165, 1.54) is 24.5 Å². The summed E-state index contributed by atoms with van der Waals surface area (Å²) in [6.45, 7) is 1.50. The van der Waals surface area contributed by atoms with E-state index >= 15 is 0 Å². The Balaban J connectivity index is 0.000000181. The van der Waals surface area contributed by atoms with Crippen LogP contribution < -0.4 is 0 Å². The van der Waals surface area contributed by atoms with Crippen LogP contribution in [0.4, 0.5) is 8.78 Å². The van der Waals surface area contributed by atoms with Crippen LogP contribution in [0.1, 0.15) is 18.3 Å². The standard InChI is InChI=1S/C18H16FNO2S.C17H14FNO3S/c1-3-16-14(11-12-7-6-9-15(19)18(12)20-16)13-8-4-5-10-17(13)23(2,21)22;1-23(21,22)16-8-3-2-6-12(16)13-9-11-5-4-7-14(18)17(11)19-15(13)10-20/h4-11H,3H2,1-2H3;2-9,20H,10H2,1H3. The third-order valence-electron chi connectivity index (χ3n) is 7.39. The molecular weight excluding hydrogens is 631 g/mol. The summed E-state index contributed by atoms with van der Waals surface area (Å²) in [5.41, 5.74) is 3.63. The predicted molar refractivity (Wildman–Crippen MR) is 176 cm³/mol. The highest BCUT2D eigenvalue weighted by Crippen LogP contribution is 2.34. The fraction of sp³-hybridized carbons (Fsp3) is 0.143. The second kappa shape index (κ2) is 13.0. The van der Waals surface area contributed by atoms with Gasteiger partial charge in [0.05, 0.1) is 22.1 Å². The fourth-order valence-corrected chi connectivity index (χ4v) is 7.09. The monoisotopic (exact) mass is 660 g/mol. The van der Waals surface area contributed by atoms with Gasteiger partial charge in [0, 0.05) is 51.2 Å². The first-order valence-electron chi connectivity index (χ1n) is 14.2. The second-order valence-electron chi connectivity index (χ2n) is 10.6. The van der Waals surface area contributed by atoms with Gasteiger partial charge in [0.25, 0.3) is 0 Å². The number of nitrogens with zero attached hydrogens (tertiary/aromatic N) is 2. The lowest BCUT2D eigenvalue weighted by molar-refractivity contribution is 0.278. The molecule has 0 radical (unpaired) electrons. The first-order chi connectivity index (χ1) is 21.8. The minimum atomic E-state index is -3.45. The number of fused-ring (bicyclic) bond motifs is 2. The van der Waals surface area contributed by atoms with Crippen LogP contribution in [0, 0.1) is 11.6 Å². The summed E-state index contributed by atoms with van der Waals surface area (Å²) in [6.07, 6.45) is 2.89. The zero-order valence-corrected chi connectivity index (χ0v) is 26.8. The van der Waals surface area contributed by atoms with Gasteiger partial charge in [-0.1, -0.05) is 67.6 Å². The van der Waals surface area contributed by atoms with E-state index in [1.807, 2.05) is 13.0 Å². The van der Waals surface area contributed by atoms with Crippen molar-refractivity contribution in [2.24, 2.45) is 0 Å². The molecule has 2 aromatic heterocycles. The summed E-state index contributed by atoms with van der Waals surface area (Å²) in [6, 6.07) is 26.1. The van der Waals surface area contributed by atoms with Gasteiger partial charge in [-0.3, -0.25) is 0 Å². The number of hydrogen-bond acceptors (Lipinski definition) is 7. The molecule has 0 spiro atoms. The summed E-state index contributed by atoms with van der Waals surface area (Å²) in [5, 5.41) is 10.8. The van der Waals surface area contributed by atoms with Gasteiger partial charge >= 0.3 is 0 Å². The normalized spacial score (nSPS) is 11.8. The van der Waals surface area contributed by atoms with Gasteiger partial charge in [0.2, 0.25) is 0 Å². The van der Waals surface area contributed by atoms with Gasteiger partial charge in [-0.25, -0.2) is 35.6 Å². The fourth-order valence-electron chi connectivity index (χ4n) is 5.28. The minimum absolute atomic E-state index is 0.146. The average molecular weight is 661 g/mol. The van der Waals surface area contributed by atoms with Gasteiger partial charge < -0.3 is 5.11 Å². The summed E-state index contributed by atoms with van der Waals surface area (Å²) in [5.74, 6) is -0.861. The van der Waals surface area contributed by atoms with E-state index in [9.17, 15) is 30.7 Å². The molecule has 0 atom stereocenters. The van der Waals surface area contributed by atoms with Crippen molar-refractivity contribution in [3.63, 3.8) is 0 Å². The topological polar surface area (TPSA) is 114 Å². The van der Waals surface area contributed by atoms with Crippen LogP contribution in [-0.2, 0) is 32.7 Å². The Kier molecular flexibility index (Phi) is 9.29. The van der Waals surface area contributed by atoms with Crippen molar-refractivity contribution in [2.75, 3.05) is 12.5 Å². The molecule has 0 aliphatic rings. The number of aromatic nitrogens is 2. The first-order valence-corrected chi connectivity index (χ1v) is 18.0. The van der Waals surface area contributed by atoms with Crippen molar-refractivity contribution in [1.29, 1.82) is 0 Å². The third kappa shape index (κ3) is 6.67. The first kappa shape index (κ1) is 32.8. The second-order valence-corrected chi connectivity index (χ2v) is 14.6. The number of aryl methyl sites for hydroxylation is 1. The molecule has 7 nitrogen and oxygen atoms in total. The molecule has 11 heteroatoms. The van der Waals surface area contributed by atoms with Gasteiger partial charge in [-0.15, -0.1) is 0 Å². The lowest BCUT2D eigenvalue weighted by atomic mass is 10.00. The molecule has 0 saturated heterocycles. The van der Waals surface area contributed by atoms with E-state index in [-0.39, 0.29) is 26.8 Å². The van der Waals surface area contributed by atoms with Crippen LogP contribution >= 0.6 is 0 Å². The molecule has 0 aliphatic carbocycles. The number of halogens is 2. The molecule has 0 bridgehead atoms. The van der Waals surface area contributed by atoms with Crippen LogP contribution in [0.2, 0.25) is 0 Å². The van der Waals surface area contributed by atoms with Crippen LogP contribution in [0.3, 0.4) is 0 Å². The molecule has 6 aromatic rings. The summed E-state index contributed by atoms with van der Waals surface area (Å²) >= 11 is 0. The smallest absolute Gasteiger partial charge is 0.176 e. The van der Waals surface area contributed by atoms with Gasteiger partial charge in [-0.05, 0) is 42.8 Å². The van der Waals surface area contributed by atoms with Crippen molar-refractivity contribution >= 4 is 41.5 Å². The molecule has 0 aliphatic heterocycles. The van der Waals surface area contributed by atoms with Crippen molar-refractivity contribution in [3.8, 4) is 22.3 Å². The molecule has 2 heterocycles. The highest BCUT2D eigenvalue weighted by molar-refractivity contribution is 7.91. The van der Waals surface area contributed by atoms with E-state index in [4.69, 9.17) is 0 Å². The van der Waals surface area contributed by atoms with E-state index < -0.39 is 32.1 Å². The molecule has 236 valence electrons. The molecule has 0 unspecified atom stereocenters. The molecule has 46 heavy (non-hydrogen) atoms. The molecular formula is C35H30F2N2O5S2. The lowest BCUT2D eigenvalue weighted by Gasteiger charge is -2.13. The Morgan fingerprint density at radius 1 is 0.587 bits per heavy atom. The van der Waals surface area contributed by atoms with E-state index in [0.717, 1.165) is 11.8 Å². The number of aliphatic hydroxyl groups excluding tert-OH is 1. The summed E-state index contributed by atoms with van der Waals surface area (Å²) in [4.78, 5) is 9.00. The summed E-state index contributed by atoms with van der Waals surface area (Å²) < 4.78 is 75.9. The van der Waals surface area contributed by atoms with Crippen LogP contribution in [0.25, 0.3) is 44.1 Å². The Morgan fingerprint density at radius 3 is 1.41 bits per heavy atom. The van der Waals surface area contributed by atoms with Crippen molar-refractivity contribution in [1.82, 2.24) is 9.97 Å². The number of rotatable bonds is 6. The van der Waals surface area contributed by atoms with E-state index in [1.54, 1.807) is 72.8 Å². The number of pyridine rings is 2. The number of hydrogen-bond donors (Lipinski definition) is 1. The zero-order valence-electron chi connectivity index (χ0n) is 25.2. The highest BCUT2D eigenvalue weighted by Gasteiger charge is 2.19. The van der Waals surface area contributed by atoms with Crippen molar-refractivity contribution < 1.29 is 30.7 Å². The van der Waals surface area contributed by atoms with Crippen LogP contribution in [0.5, 0.6) is 0 Å². The van der Waals surface area contributed by atoms with Gasteiger partial charge in [0.15, 0.2) is 19.7 Å². The maximum atomic E-state index is 13.9. The zero-order chi connectivity index (χ0) is 33.2. The van der Waals surface area contributed by atoms with E-state index in [0.29, 0.717) is 45.1 Å². The Hall–Kier alpha value is -4.58. The predicted octanol–water partition coefficient (Wildman–Crippen LogP) is 6.94. The molecule has 0 saturated carbocycles. The molecule has 4 aromatic carbocycles. The van der Waals surface area contributed by atoms with Gasteiger partial charge in [0.1, 0.15) is 22.7 Å².